The van der Waals surface area contributed by atoms with Gasteiger partial charge in [-0.3, -0.25) is 9.59 Å². The first-order chi connectivity index (χ1) is 9.99. The summed E-state index contributed by atoms with van der Waals surface area (Å²) in [5, 5.41) is 13.2. The molecule has 0 saturated heterocycles. The minimum Gasteiger partial charge on any atom is -0.391 e. The molecule has 112 valence electrons. The van der Waals surface area contributed by atoms with E-state index in [-0.39, 0.29) is 18.1 Å². The predicted molar refractivity (Wildman–Crippen MR) is 80.9 cm³/mol. The van der Waals surface area contributed by atoms with Crippen LogP contribution in [0.3, 0.4) is 0 Å². The predicted octanol–water partition coefficient (Wildman–Crippen LogP) is 1.56. The van der Waals surface area contributed by atoms with Gasteiger partial charge in [0.15, 0.2) is 5.78 Å². The number of aliphatic hydroxyl groups excluding tert-OH is 1. The van der Waals surface area contributed by atoms with Crippen LogP contribution in [-0.4, -0.2) is 33.9 Å². The Kier molecular flexibility index (Phi) is 4.75. The summed E-state index contributed by atoms with van der Waals surface area (Å²) in [5.41, 5.74) is 2.11. The maximum Gasteiger partial charge on any atom is 0.220 e. The van der Waals surface area contributed by atoms with Crippen molar-refractivity contribution in [1.82, 2.24) is 10.3 Å². The Balaban J connectivity index is 1.96. The summed E-state index contributed by atoms with van der Waals surface area (Å²) in [6.07, 6.45) is 1.87. The molecule has 0 fully saturated rings. The number of hydrogen-bond acceptors (Lipinski definition) is 3. The van der Waals surface area contributed by atoms with Crippen molar-refractivity contribution in [3.05, 3.63) is 36.0 Å². The number of ketones is 1. The number of aryl methyl sites for hydroxylation is 1. The zero-order chi connectivity index (χ0) is 15.4. The molecule has 5 nitrogen and oxygen atoms in total. The Labute approximate surface area is 123 Å². The zero-order valence-corrected chi connectivity index (χ0v) is 12.2. The van der Waals surface area contributed by atoms with E-state index < -0.39 is 12.1 Å². The first-order valence-corrected chi connectivity index (χ1v) is 7.02. The summed E-state index contributed by atoms with van der Waals surface area (Å²) in [4.78, 5) is 26.4. The third kappa shape index (κ3) is 3.70. The van der Waals surface area contributed by atoms with Crippen LogP contribution >= 0.6 is 0 Å². The van der Waals surface area contributed by atoms with Crippen molar-refractivity contribution >= 4 is 22.6 Å². The second-order valence-electron chi connectivity index (χ2n) is 5.26. The van der Waals surface area contributed by atoms with E-state index in [9.17, 15) is 14.7 Å². The molecule has 0 radical (unpaired) electrons. The molecule has 1 heterocycles. The van der Waals surface area contributed by atoms with Crippen molar-refractivity contribution in [2.45, 2.75) is 38.8 Å². The smallest absolute Gasteiger partial charge is 0.220 e. The summed E-state index contributed by atoms with van der Waals surface area (Å²) in [6, 6.07) is 7.07. The molecule has 1 aromatic carbocycles. The lowest BCUT2D eigenvalue weighted by molar-refractivity contribution is -0.129. The fraction of sp³-hybridized carbons (Fsp3) is 0.375. The van der Waals surface area contributed by atoms with Gasteiger partial charge in [-0.2, -0.15) is 0 Å². The first kappa shape index (κ1) is 15.3. The first-order valence-electron chi connectivity index (χ1n) is 7.02. The van der Waals surface area contributed by atoms with Crippen LogP contribution in [0.15, 0.2) is 30.5 Å². The van der Waals surface area contributed by atoms with Gasteiger partial charge in [0.05, 0.1) is 6.10 Å². The van der Waals surface area contributed by atoms with Crippen molar-refractivity contribution in [3.63, 3.8) is 0 Å². The van der Waals surface area contributed by atoms with Crippen LogP contribution in [0.4, 0.5) is 0 Å². The monoisotopic (exact) mass is 288 g/mol. The number of aromatic amines is 1. The number of carbonyl (C=O) groups excluding carboxylic acids is 2. The molecule has 0 aliphatic rings. The van der Waals surface area contributed by atoms with Crippen molar-refractivity contribution < 1.29 is 14.7 Å². The molecule has 2 rings (SSSR count). The summed E-state index contributed by atoms with van der Waals surface area (Å²) >= 11 is 0. The third-order valence-corrected chi connectivity index (χ3v) is 3.53. The van der Waals surface area contributed by atoms with Gasteiger partial charge in [0.2, 0.25) is 5.91 Å². The highest BCUT2D eigenvalue weighted by Crippen LogP contribution is 2.18. The molecule has 21 heavy (non-hydrogen) atoms. The van der Waals surface area contributed by atoms with Gasteiger partial charge in [-0.05, 0) is 31.9 Å². The van der Waals surface area contributed by atoms with E-state index in [1.165, 1.54) is 13.8 Å². The van der Waals surface area contributed by atoms with Gasteiger partial charge in [-0.15, -0.1) is 0 Å². The van der Waals surface area contributed by atoms with Crippen LogP contribution in [-0.2, 0) is 16.0 Å². The van der Waals surface area contributed by atoms with E-state index in [0.717, 1.165) is 16.5 Å². The van der Waals surface area contributed by atoms with Crippen LogP contribution in [0.25, 0.3) is 10.9 Å². The topological polar surface area (TPSA) is 82.2 Å². The number of hydrogen-bond donors (Lipinski definition) is 3. The zero-order valence-electron chi connectivity index (χ0n) is 12.2. The average Bonchev–Trinajstić information content (AvgIpc) is 2.85. The fourth-order valence-corrected chi connectivity index (χ4v) is 2.39. The molecule has 5 heteroatoms. The molecule has 0 bridgehead atoms. The minimum atomic E-state index is -0.889. The molecule has 1 aromatic heterocycles. The molecule has 2 atom stereocenters. The number of nitrogens with one attached hydrogen (secondary N) is 2. The van der Waals surface area contributed by atoms with Gasteiger partial charge in [0, 0.05) is 23.5 Å². The maximum absolute atomic E-state index is 11.9. The SMILES string of the molecule is CC(=O)[C@@H](NC(=O)CCc1c[nH]c2ccccc12)[C@@H](C)O. The molecule has 0 aliphatic heterocycles. The number of H-pyrrole nitrogens is 1. The van der Waals surface area contributed by atoms with Gasteiger partial charge in [-0.1, -0.05) is 18.2 Å². The Morgan fingerprint density at radius 2 is 2.05 bits per heavy atom. The van der Waals surface area contributed by atoms with E-state index in [4.69, 9.17) is 0 Å². The highest BCUT2D eigenvalue weighted by molar-refractivity contribution is 5.88. The summed E-state index contributed by atoms with van der Waals surface area (Å²) in [7, 11) is 0. The Hall–Kier alpha value is -2.14. The van der Waals surface area contributed by atoms with Gasteiger partial charge in [-0.25, -0.2) is 0 Å². The molecule has 2 aromatic rings. The lowest BCUT2D eigenvalue weighted by Crippen LogP contribution is -2.46. The van der Waals surface area contributed by atoms with E-state index in [2.05, 4.69) is 10.3 Å². The van der Waals surface area contributed by atoms with E-state index in [1.807, 2.05) is 30.5 Å². The lowest BCUT2D eigenvalue weighted by Gasteiger charge is -2.18. The summed E-state index contributed by atoms with van der Waals surface area (Å²) in [5.74, 6) is -0.480. The molecule has 1 amide bonds. The Bertz CT molecular complexity index is 646. The second-order valence-corrected chi connectivity index (χ2v) is 5.26. The van der Waals surface area contributed by atoms with Crippen molar-refractivity contribution in [2.75, 3.05) is 0 Å². The summed E-state index contributed by atoms with van der Waals surface area (Å²) < 4.78 is 0. The molecule has 0 saturated carbocycles. The number of carbonyl (C=O) groups is 2. The maximum atomic E-state index is 11.9. The van der Waals surface area contributed by atoms with Crippen molar-refractivity contribution in [1.29, 1.82) is 0 Å². The van der Waals surface area contributed by atoms with E-state index in [1.54, 1.807) is 0 Å². The standard InChI is InChI=1S/C16H20N2O3/c1-10(19)16(11(2)20)18-15(21)8-7-12-9-17-14-6-4-3-5-13(12)14/h3-6,9-10,16-17,19H,7-8H2,1-2H3,(H,18,21)/t10-,16+/m1/s1. The number of Topliss-reactive ketones (excluding diaryl/α,β-unsaturated/α-hetero) is 1. The Morgan fingerprint density at radius 3 is 2.71 bits per heavy atom. The molecule has 0 unspecified atom stereocenters. The number of rotatable bonds is 6. The fourth-order valence-electron chi connectivity index (χ4n) is 2.39. The average molecular weight is 288 g/mol. The third-order valence-electron chi connectivity index (χ3n) is 3.53. The number of para-hydroxylation sites is 1. The highest BCUT2D eigenvalue weighted by Gasteiger charge is 2.21. The number of aromatic nitrogens is 1. The van der Waals surface area contributed by atoms with Crippen LogP contribution in [0.5, 0.6) is 0 Å². The molecular formula is C16H20N2O3. The minimum absolute atomic E-state index is 0.235. The molecule has 0 spiro atoms. The molecule has 0 aliphatic carbocycles. The van der Waals surface area contributed by atoms with Crippen LogP contribution < -0.4 is 5.32 Å². The normalized spacial score (nSPS) is 13.9. The largest absolute Gasteiger partial charge is 0.391 e. The van der Waals surface area contributed by atoms with Crippen molar-refractivity contribution in [3.8, 4) is 0 Å². The van der Waals surface area contributed by atoms with Crippen LogP contribution in [0.2, 0.25) is 0 Å². The number of aliphatic hydroxyl groups is 1. The number of fused-ring (bicyclic) bond motifs is 1. The quantitative estimate of drug-likeness (QED) is 0.754. The number of amides is 1. The van der Waals surface area contributed by atoms with Gasteiger partial charge < -0.3 is 15.4 Å². The van der Waals surface area contributed by atoms with Gasteiger partial charge in [0.25, 0.3) is 0 Å². The van der Waals surface area contributed by atoms with Gasteiger partial charge >= 0.3 is 0 Å². The molecular weight excluding hydrogens is 268 g/mol. The van der Waals surface area contributed by atoms with Crippen LogP contribution in [0.1, 0.15) is 25.8 Å². The number of benzene rings is 1. The van der Waals surface area contributed by atoms with Crippen molar-refractivity contribution in [2.24, 2.45) is 0 Å². The highest BCUT2D eigenvalue weighted by atomic mass is 16.3. The van der Waals surface area contributed by atoms with E-state index >= 15 is 0 Å². The van der Waals surface area contributed by atoms with Gasteiger partial charge in [0.1, 0.15) is 6.04 Å². The lowest BCUT2D eigenvalue weighted by atomic mass is 10.1. The van der Waals surface area contributed by atoms with Crippen LogP contribution in [0, 0.1) is 0 Å². The summed E-state index contributed by atoms with van der Waals surface area (Å²) in [6.45, 7) is 2.85. The second kappa shape index (κ2) is 6.54. The molecule has 3 N–H and O–H groups in total. The Morgan fingerprint density at radius 1 is 1.33 bits per heavy atom. The van der Waals surface area contributed by atoms with E-state index in [0.29, 0.717) is 6.42 Å².